The smallest absolute Gasteiger partial charge is 0.280 e. The number of amides is 2. The Labute approximate surface area is 171 Å². The summed E-state index contributed by atoms with van der Waals surface area (Å²) in [5.41, 5.74) is 0.252. The van der Waals surface area contributed by atoms with Gasteiger partial charge in [0.2, 0.25) is 0 Å². The second kappa shape index (κ2) is 7.29. The molecule has 1 aliphatic rings. The first-order chi connectivity index (χ1) is 13.9. The molecule has 2 aromatic carbocycles. The Morgan fingerprint density at radius 1 is 1.24 bits per heavy atom. The van der Waals surface area contributed by atoms with Crippen LogP contribution in [0.4, 0.5) is 15.2 Å². The zero-order chi connectivity index (χ0) is 20.6. The predicted octanol–water partition coefficient (Wildman–Crippen LogP) is 4.09. The highest BCUT2D eigenvalue weighted by Crippen LogP contribution is 2.38. The Morgan fingerprint density at radius 3 is 2.69 bits per heavy atom. The van der Waals surface area contributed by atoms with E-state index in [0.717, 1.165) is 5.56 Å². The van der Waals surface area contributed by atoms with Gasteiger partial charge in [-0.1, -0.05) is 12.1 Å². The third kappa shape index (κ3) is 3.36. The molecule has 148 valence electrons. The molecule has 4 rings (SSSR count). The van der Waals surface area contributed by atoms with Crippen LogP contribution >= 0.6 is 11.3 Å². The van der Waals surface area contributed by atoms with Crippen LogP contribution in [0, 0.1) is 5.82 Å². The molecule has 1 aliphatic heterocycles. The summed E-state index contributed by atoms with van der Waals surface area (Å²) in [6, 6.07) is 13.0. The number of fused-ring (bicyclic) bond motifs is 1. The van der Waals surface area contributed by atoms with E-state index in [1.165, 1.54) is 35.3 Å². The fourth-order valence-electron chi connectivity index (χ4n) is 3.16. The van der Waals surface area contributed by atoms with Gasteiger partial charge in [0.15, 0.2) is 5.13 Å². The van der Waals surface area contributed by atoms with Crippen LogP contribution in [0.1, 0.15) is 13.8 Å². The largest absolute Gasteiger partial charge is 0.465 e. The molecule has 0 bridgehead atoms. The lowest BCUT2D eigenvalue weighted by molar-refractivity contribution is -0.145. The highest BCUT2D eigenvalue weighted by molar-refractivity contribution is 7.14. The zero-order valence-corrected chi connectivity index (χ0v) is 16.6. The standard InChI is InChI=1S/C21H18FN3O3S/c1-3-25-16-6-4-5-7-17(16)28-21(2,19(25)27)18(26)24-20-23-15(12-29-20)13-8-10-14(22)11-9-13/h4-12H,3H2,1-2H3,(H,23,24,26). The van der Waals surface area contributed by atoms with Gasteiger partial charge in [0.1, 0.15) is 11.6 Å². The number of likely N-dealkylation sites (N-methyl/N-ethyl adjacent to an activating group) is 1. The Balaban J connectivity index is 1.58. The first-order valence-electron chi connectivity index (χ1n) is 9.05. The number of nitrogens with zero attached hydrogens (tertiary/aromatic N) is 2. The number of benzene rings is 2. The Bertz CT molecular complexity index is 1080. The lowest BCUT2D eigenvalue weighted by atomic mass is 10.00. The summed E-state index contributed by atoms with van der Waals surface area (Å²) < 4.78 is 18.9. The second-order valence-electron chi connectivity index (χ2n) is 6.65. The molecule has 0 aliphatic carbocycles. The molecule has 8 heteroatoms. The van der Waals surface area contributed by atoms with Gasteiger partial charge in [0.25, 0.3) is 17.4 Å². The summed E-state index contributed by atoms with van der Waals surface area (Å²) in [7, 11) is 0. The van der Waals surface area contributed by atoms with Crippen LogP contribution in [0.15, 0.2) is 53.9 Å². The summed E-state index contributed by atoms with van der Waals surface area (Å²) in [6.45, 7) is 3.71. The van der Waals surface area contributed by atoms with Crippen molar-refractivity contribution in [2.24, 2.45) is 0 Å². The lowest BCUT2D eigenvalue weighted by Crippen LogP contribution is -2.60. The van der Waals surface area contributed by atoms with Gasteiger partial charge in [-0.2, -0.15) is 0 Å². The molecule has 0 fully saturated rings. The van der Waals surface area contributed by atoms with E-state index >= 15 is 0 Å². The van der Waals surface area contributed by atoms with Gasteiger partial charge in [-0.25, -0.2) is 9.37 Å². The molecule has 2 heterocycles. The quantitative estimate of drug-likeness (QED) is 0.657. The molecule has 0 saturated heterocycles. The van der Waals surface area contributed by atoms with Crippen molar-refractivity contribution in [2.45, 2.75) is 19.4 Å². The van der Waals surface area contributed by atoms with E-state index in [9.17, 15) is 14.0 Å². The molecule has 0 spiro atoms. The number of aromatic nitrogens is 1. The van der Waals surface area contributed by atoms with Crippen LogP contribution < -0.4 is 15.0 Å². The summed E-state index contributed by atoms with van der Waals surface area (Å²) in [5.74, 6) is -0.904. The highest BCUT2D eigenvalue weighted by Gasteiger charge is 2.50. The number of rotatable bonds is 4. The number of thiazole rings is 1. The summed E-state index contributed by atoms with van der Waals surface area (Å²) in [6.07, 6.45) is 0. The normalized spacial score (nSPS) is 18.2. The third-order valence-electron chi connectivity index (χ3n) is 4.74. The number of nitrogens with one attached hydrogen (secondary N) is 1. The van der Waals surface area contributed by atoms with E-state index in [0.29, 0.717) is 28.8 Å². The minimum absolute atomic E-state index is 0.328. The SMILES string of the molecule is CCN1C(=O)C(C)(C(=O)Nc2nc(-c3ccc(F)cc3)cs2)Oc2ccccc21. The van der Waals surface area contributed by atoms with Gasteiger partial charge in [-0.05, 0) is 50.2 Å². The van der Waals surface area contributed by atoms with E-state index in [1.807, 2.05) is 13.0 Å². The molecule has 2 amide bonds. The Kier molecular flexibility index (Phi) is 4.79. The molecule has 1 unspecified atom stereocenters. The number of para-hydroxylation sites is 2. The molecule has 3 aromatic rings. The molecule has 29 heavy (non-hydrogen) atoms. The van der Waals surface area contributed by atoms with Gasteiger partial charge in [0.05, 0.1) is 11.4 Å². The van der Waals surface area contributed by atoms with Crippen molar-refractivity contribution in [3.05, 3.63) is 59.7 Å². The number of hydrogen-bond donors (Lipinski definition) is 1. The zero-order valence-electron chi connectivity index (χ0n) is 15.8. The maximum Gasteiger partial charge on any atom is 0.280 e. The molecule has 6 nitrogen and oxygen atoms in total. The van der Waals surface area contributed by atoms with Gasteiger partial charge in [-0.3, -0.25) is 14.9 Å². The van der Waals surface area contributed by atoms with Crippen molar-refractivity contribution >= 4 is 34.0 Å². The van der Waals surface area contributed by atoms with Gasteiger partial charge >= 0.3 is 0 Å². The van der Waals surface area contributed by atoms with Crippen molar-refractivity contribution in [3.8, 4) is 17.0 Å². The first-order valence-corrected chi connectivity index (χ1v) is 9.93. The van der Waals surface area contributed by atoms with Gasteiger partial charge in [0, 0.05) is 17.5 Å². The van der Waals surface area contributed by atoms with Crippen molar-refractivity contribution in [1.82, 2.24) is 4.98 Å². The van der Waals surface area contributed by atoms with E-state index in [2.05, 4.69) is 10.3 Å². The number of hydrogen-bond acceptors (Lipinski definition) is 5. The van der Waals surface area contributed by atoms with E-state index in [1.54, 1.807) is 35.7 Å². The third-order valence-corrected chi connectivity index (χ3v) is 5.50. The topological polar surface area (TPSA) is 71.5 Å². The average Bonchev–Trinajstić information content (AvgIpc) is 3.18. The second-order valence-corrected chi connectivity index (χ2v) is 7.51. The van der Waals surface area contributed by atoms with E-state index in [4.69, 9.17) is 4.74 Å². The monoisotopic (exact) mass is 411 g/mol. The molecule has 1 N–H and O–H groups in total. The average molecular weight is 411 g/mol. The molecule has 1 aromatic heterocycles. The summed E-state index contributed by atoms with van der Waals surface area (Å²) in [4.78, 5) is 31.9. The van der Waals surface area contributed by atoms with Crippen LogP contribution in [0.2, 0.25) is 0 Å². The van der Waals surface area contributed by atoms with Crippen molar-refractivity contribution in [1.29, 1.82) is 0 Å². The fourth-order valence-corrected chi connectivity index (χ4v) is 3.87. The van der Waals surface area contributed by atoms with Crippen molar-refractivity contribution < 1.29 is 18.7 Å². The minimum Gasteiger partial charge on any atom is -0.465 e. The van der Waals surface area contributed by atoms with Crippen molar-refractivity contribution in [2.75, 3.05) is 16.8 Å². The summed E-state index contributed by atoms with van der Waals surface area (Å²) >= 11 is 1.22. The fraction of sp³-hybridized carbons (Fsp3) is 0.190. The highest BCUT2D eigenvalue weighted by atomic mass is 32.1. The molecule has 0 radical (unpaired) electrons. The Morgan fingerprint density at radius 2 is 1.97 bits per heavy atom. The maximum atomic E-state index is 13.1. The molecule has 1 atom stereocenters. The molecule has 0 saturated carbocycles. The van der Waals surface area contributed by atoms with Crippen LogP contribution in [0.5, 0.6) is 5.75 Å². The number of halogens is 1. The van der Waals surface area contributed by atoms with Crippen LogP contribution in [0.25, 0.3) is 11.3 Å². The Hall–Kier alpha value is -3.26. The number of anilines is 2. The minimum atomic E-state index is -1.72. The number of ether oxygens (including phenoxy) is 1. The van der Waals surface area contributed by atoms with Crippen LogP contribution in [-0.4, -0.2) is 28.9 Å². The van der Waals surface area contributed by atoms with Gasteiger partial charge in [-0.15, -0.1) is 11.3 Å². The van der Waals surface area contributed by atoms with Crippen LogP contribution in [0.3, 0.4) is 0 Å². The maximum absolute atomic E-state index is 13.1. The number of carbonyl (C=O) groups is 2. The molecular formula is C21H18FN3O3S. The number of carbonyl (C=O) groups excluding carboxylic acids is 2. The van der Waals surface area contributed by atoms with Gasteiger partial charge < -0.3 is 9.64 Å². The van der Waals surface area contributed by atoms with E-state index < -0.39 is 17.4 Å². The lowest BCUT2D eigenvalue weighted by Gasteiger charge is -2.38. The van der Waals surface area contributed by atoms with Crippen LogP contribution in [-0.2, 0) is 9.59 Å². The van der Waals surface area contributed by atoms with Crippen molar-refractivity contribution in [3.63, 3.8) is 0 Å². The van der Waals surface area contributed by atoms with E-state index in [-0.39, 0.29) is 5.82 Å². The molecular weight excluding hydrogens is 393 g/mol. The predicted molar refractivity (Wildman–Crippen MR) is 110 cm³/mol. The first kappa shape index (κ1) is 19.1. The summed E-state index contributed by atoms with van der Waals surface area (Å²) in [5, 5.41) is 4.76.